The molecule has 1 saturated heterocycles. The Hall–Kier alpha value is -1.42. The van der Waals surface area contributed by atoms with E-state index in [1.54, 1.807) is 0 Å². The molecule has 4 heteroatoms. The molecule has 1 aliphatic rings. The first-order valence-electron chi connectivity index (χ1n) is 4.44. The number of hydrogen-bond donors (Lipinski definition) is 2. The van der Waals surface area contributed by atoms with Crippen LogP contribution in [0.5, 0.6) is 0 Å². The quantitative estimate of drug-likeness (QED) is 0.752. The molecule has 14 heavy (non-hydrogen) atoms. The summed E-state index contributed by atoms with van der Waals surface area (Å²) in [4.78, 5) is 10.7. The highest BCUT2D eigenvalue weighted by Crippen LogP contribution is 2.26. The molecule has 3 nitrogen and oxygen atoms in total. The molecule has 2 N–H and O–H groups in total. The molecule has 0 radical (unpaired) electrons. The molecular weight excluding hydrogens is 185 g/mol. The van der Waals surface area contributed by atoms with Crippen LogP contribution in [-0.4, -0.2) is 17.6 Å². The third kappa shape index (κ3) is 1.48. The van der Waals surface area contributed by atoms with E-state index in [0.29, 0.717) is 5.56 Å². The molecule has 0 aliphatic carbocycles. The van der Waals surface area contributed by atoms with E-state index in [1.165, 1.54) is 18.2 Å². The topological polar surface area (TPSA) is 49.3 Å². The number of halogens is 1. The molecule has 0 amide bonds. The number of nitrogens with one attached hydrogen (secondary N) is 1. The predicted octanol–water partition coefficient (Wildman–Crippen LogP) is 1.56. The number of hydrogen-bond acceptors (Lipinski definition) is 2. The van der Waals surface area contributed by atoms with Gasteiger partial charge in [0.2, 0.25) is 0 Å². The van der Waals surface area contributed by atoms with Crippen molar-refractivity contribution in [3.8, 4) is 0 Å². The molecule has 74 valence electrons. The standard InChI is InChI=1S/C10H10FNO2/c11-8-2-1-6(10(13)14)5-7(8)9-3-4-12-9/h1-2,5,9,12H,3-4H2,(H,13,14)/t9-/m1/s1. The molecule has 0 aromatic heterocycles. The van der Waals surface area contributed by atoms with Gasteiger partial charge in [-0.3, -0.25) is 0 Å². The Morgan fingerprint density at radius 1 is 1.57 bits per heavy atom. The summed E-state index contributed by atoms with van der Waals surface area (Å²) in [6.45, 7) is 0.863. The van der Waals surface area contributed by atoms with Crippen LogP contribution in [0.15, 0.2) is 18.2 Å². The Morgan fingerprint density at radius 3 is 2.79 bits per heavy atom. The van der Waals surface area contributed by atoms with Crippen LogP contribution in [0.3, 0.4) is 0 Å². The summed E-state index contributed by atoms with van der Waals surface area (Å²) in [7, 11) is 0. The van der Waals surface area contributed by atoms with Crippen molar-refractivity contribution in [3.05, 3.63) is 35.1 Å². The number of aromatic carboxylic acids is 1. The van der Waals surface area contributed by atoms with Gasteiger partial charge in [0, 0.05) is 11.6 Å². The van der Waals surface area contributed by atoms with Crippen LogP contribution >= 0.6 is 0 Å². The molecule has 1 aromatic rings. The fourth-order valence-electron chi connectivity index (χ4n) is 1.50. The lowest BCUT2D eigenvalue weighted by molar-refractivity contribution is 0.0696. The Kier molecular flexibility index (Phi) is 2.21. The van der Waals surface area contributed by atoms with E-state index in [-0.39, 0.29) is 17.4 Å². The smallest absolute Gasteiger partial charge is 0.335 e. The van der Waals surface area contributed by atoms with Crippen LogP contribution in [0.2, 0.25) is 0 Å². The monoisotopic (exact) mass is 195 g/mol. The molecule has 0 unspecified atom stereocenters. The Bertz CT molecular complexity index is 374. The van der Waals surface area contributed by atoms with Crippen molar-refractivity contribution >= 4 is 5.97 Å². The minimum absolute atomic E-state index is 0.0192. The molecule has 2 rings (SSSR count). The van der Waals surface area contributed by atoms with Crippen LogP contribution < -0.4 is 5.32 Å². The van der Waals surface area contributed by atoms with Gasteiger partial charge in [-0.1, -0.05) is 0 Å². The second-order valence-electron chi connectivity index (χ2n) is 3.34. The third-order valence-corrected chi connectivity index (χ3v) is 2.44. The second kappa shape index (κ2) is 3.38. The molecular formula is C10H10FNO2. The highest BCUT2D eigenvalue weighted by Gasteiger charge is 2.22. The molecule has 1 atom stereocenters. The summed E-state index contributed by atoms with van der Waals surface area (Å²) in [6.07, 6.45) is 0.861. The van der Waals surface area contributed by atoms with Crippen molar-refractivity contribution in [1.29, 1.82) is 0 Å². The number of carboxylic acids is 1. The minimum Gasteiger partial charge on any atom is -0.478 e. The fourth-order valence-corrected chi connectivity index (χ4v) is 1.50. The van der Waals surface area contributed by atoms with Gasteiger partial charge in [0.15, 0.2) is 0 Å². The number of rotatable bonds is 2. The van der Waals surface area contributed by atoms with Crippen molar-refractivity contribution in [2.75, 3.05) is 6.54 Å². The van der Waals surface area contributed by atoms with Gasteiger partial charge in [0.25, 0.3) is 0 Å². The van der Waals surface area contributed by atoms with Crippen molar-refractivity contribution in [1.82, 2.24) is 5.32 Å². The zero-order valence-corrected chi connectivity index (χ0v) is 7.46. The first-order valence-corrected chi connectivity index (χ1v) is 4.44. The minimum atomic E-state index is -1.02. The van der Waals surface area contributed by atoms with Crippen molar-refractivity contribution < 1.29 is 14.3 Å². The van der Waals surface area contributed by atoms with Gasteiger partial charge >= 0.3 is 5.97 Å². The lowest BCUT2D eigenvalue weighted by Crippen LogP contribution is -2.35. The SMILES string of the molecule is O=C(O)c1ccc(F)c([C@H]2CCN2)c1. The normalized spacial score (nSPS) is 20.2. The zero-order valence-electron chi connectivity index (χ0n) is 7.46. The predicted molar refractivity (Wildman–Crippen MR) is 48.7 cm³/mol. The van der Waals surface area contributed by atoms with Gasteiger partial charge in [-0.2, -0.15) is 0 Å². The third-order valence-electron chi connectivity index (χ3n) is 2.44. The number of carbonyl (C=O) groups is 1. The number of benzene rings is 1. The highest BCUT2D eigenvalue weighted by atomic mass is 19.1. The Labute approximate surface area is 80.6 Å². The van der Waals surface area contributed by atoms with Crippen molar-refractivity contribution in [2.24, 2.45) is 0 Å². The van der Waals surface area contributed by atoms with E-state index >= 15 is 0 Å². The van der Waals surface area contributed by atoms with Gasteiger partial charge in [0.05, 0.1) is 5.56 Å². The summed E-state index contributed by atoms with van der Waals surface area (Å²) in [6, 6.07) is 3.86. The second-order valence-corrected chi connectivity index (χ2v) is 3.34. The van der Waals surface area contributed by atoms with Gasteiger partial charge in [0.1, 0.15) is 5.82 Å². The molecule has 0 spiro atoms. The van der Waals surface area contributed by atoms with Gasteiger partial charge in [-0.15, -0.1) is 0 Å². The van der Waals surface area contributed by atoms with E-state index in [0.717, 1.165) is 13.0 Å². The fraction of sp³-hybridized carbons (Fsp3) is 0.300. The molecule has 0 bridgehead atoms. The average molecular weight is 195 g/mol. The van der Waals surface area contributed by atoms with Crippen LogP contribution in [0.1, 0.15) is 28.4 Å². The lowest BCUT2D eigenvalue weighted by Gasteiger charge is -2.28. The first kappa shape index (κ1) is 9.15. The summed E-state index contributed by atoms with van der Waals surface area (Å²) >= 11 is 0. The maximum Gasteiger partial charge on any atom is 0.335 e. The number of carboxylic acid groups (broad SMARTS) is 1. The van der Waals surface area contributed by atoms with Crippen LogP contribution in [0.25, 0.3) is 0 Å². The molecule has 0 saturated carbocycles. The molecule has 1 fully saturated rings. The summed E-state index contributed by atoms with van der Waals surface area (Å²) in [5.41, 5.74) is 0.589. The molecule has 1 heterocycles. The zero-order chi connectivity index (χ0) is 10.1. The van der Waals surface area contributed by atoms with Crippen LogP contribution in [0.4, 0.5) is 4.39 Å². The maximum atomic E-state index is 13.3. The van der Waals surface area contributed by atoms with E-state index in [4.69, 9.17) is 5.11 Å². The Morgan fingerprint density at radius 2 is 2.29 bits per heavy atom. The summed E-state index contributed by atoms with van der Waals surface area (Å²) in [5.74, 6) is -1.36. The van der Waals surface area contributed by atoms with Gasteiger partial charge < -0.3 is 10.4 Å². The largest absolute Gasteiger partial charge is 0.478 e. The van der Waals surface area contributed by atoms with Gasteiger partial charge in [-0.25, -0.2) is 9.18 Å². The maximum absolute atomic E-state index is 13.3. The summed E-state index contributed by atoms with van der Waals surface area (Å²) in [5, 5.41) is 11.8. The van der Waals surface area contributed by atoms with Crippen molar-refractivity contribution in [2.45, 2.75) is 12.5 Å². The van der Waals surface area contributed by atoms with E-state index < -0.39 is 5.97 Å². The highest BCUT2D eigenvalue weighted by molar-refractivity contribution is 5.87. The van der Waals surface area contributed by atoms with Crippen LogP contribution in [0, 0.1) is 5.82 Å². The van der Waals surface area contributed by atoms with Gasteiger partial charge in [-0.05, 0) is 31.2 Å². The van der Waals surface area contributed by atoms with Crippen LogP contribution in [-0.2, 0) is 0 Å². The lowest BCUT2D eigenvalue weighted by atomic mass is 9.96. The van der Waals surface area contributed by atoms with E-state index in [2.05, 4.69) is 5.32 Å². The molecule has 1 aromatic carbocycles. The van der Waals surface area contributed by atoms with Crippen molar-refractivity contribution in [3.63, 3.8) is 0 Å². The first-order chi connectivity index (χ1) is 6.68. The summed E-state index contributed by atoms with van der Waals surface area (Å²) < 4.78 is 13.3. The molecule has 1 aliphatic heterocycles. The average Bonchev–Trinajstić information content (AvgIpc) is 2.05. The van der Waals surface area contributed by atoms with E-state index in [1.807, 2.05) is 0 Å². The Balaban J connectivity index is 2.36. The van der Waals surface area contributed by atoms with E-state index in [9.17, 15) is 9.18 Å².